The molecule has 114 valence electrons. The standard InChI is InChI=1S/C14H20N4O3/c1-14(2)6-5-10(8-14)16-13(19)9-3-4-11(17-15)12(7-9)18(20)21/h3-4,7,10,17H,5-6,8,15H2,1-2H3,(H,16,19). The van der Waals surface area contributed by atoms with Crippen LogP contribution in [0.15, 0.2) is 18.2 Å². The average Bonchev–Trinajstić information content (AvgIpc) is 2.76. The lowest BCUT2D eigenvalue weighted by atomic mass is 9.92. The van der Waals surface area contributed by atoms with Crippen molar-refractivity contribution in [3.05, 3.63) is 33.9 Å². The van der Waals surface area contributed by atoms with Gasteiger partial charge in [-0.2, -0.15) is 0 Å². The van der Waals surface area contributed by atoms with Gasteiger partial charge in [0.05, 0.1) is 4.92 Å². The van der Waals surface area contributed by atoms with Gasteiger partial charge in [-0.3, -0.25) is 20.8 Å². The molecule has 0 bridgehead atoms. The predicted octanol–water partition coefficient (Wildman–Crippen LogP) is 2.19. The highest BCUT2D eigenvalue weighted by Crippen LogP contribution is 2.37. The Morgan fingerprint density at radius 2 is 2.19 bits per heavy atom. The minimum absolute atomic E-state index is 0.124. The van der Waals surface area contributed by atoms with E-state index in [2.05, 4.69) is 24.6 Å². The number of rotatable bonds is 4. The number of hydrogen-bond acceptors (Lipinski definition) is 5. The molecular weight excluding hydrogens is 272 g/mol. The van der Waals surface area contributed by atoms with E-state index in [-0.39, 0.29) is 34.3 Å². The Morgan fingerprint density at radius 1 is 1.48 bits per heavy atom. The molecule has 1 saturated carbocycles. The molecule has 1 fully saturated rings. The summed E-state index contributed by atoms with van der Waals surface area (Å²) in [5.41, 5.74) is 2.72. The van der Waals surface area contributed by atoms with Crippen molar-refractivity contribution in [3.8, 4) is 0 Å². The van der Waals surface area contributed by atoms with Crippen molar-refractivity contribution in [2.45, 2.75) is 39.2 Å². The number of nitro benzene ring substituents is 1. The maximum absolute atomic E-state index is 12.2. The lowest BCUT2D eigenvalue weighted by Gasteiger charge is -2.18. The van der Waals surface area contributed by atoms with Crippen molar-refractivity contribution in [1.29, 1.82) is 0 Å². The number of benzene rings is 1. The fourth-order valence-electron chi connectivity index (χ4n) is 2.77. The predicted molar refractivity (Wildman–Crippen MR) is 79.8 cm³/mol. The number of nitrogen functional groups attached to an aromatic ring is 1. The molecule has 0 aromatic heterocycles. The third-order valence-electron chi connectivity index (χ3n) is 3.92. The second-order valence-electron chi connectivity index (χ2n) is 6.21. The van der Waals surface area contributed by atoms with E-state index in [1.807, 2.05) is 0 Å². The molecule has 0 saturated heterocycles. The Hall–Kier alpha value is -2.15. The lowest BCUT2D eigenvalue weighted by Crippen LogP contribution is -2.33. The molecule has 1 aliphatic carbocycles. The molecule has 1 atom stereocenters. The molecular formula is C14H20N4O3. The summed E-state index contributed by atoms with van der Waals surface area (Å²) in [6.45, 7) is 4.34. The second-order valence-corrected chi connectivity index (χ2v) is 6.21. The van der Waals surface area contributed by atoms with Crippen LogP contribution in [0.4, 0.5) is 11.4 Å². The molecule has 21 heavy (non-hydrogen) atoms. The SMILES string of the molecule is CC1(C)CCC(NC(=O)c2ccc(NN)c([N+](=O)[O-])c2)C1. The molecule has 1 aromatic carbocycles. The summed E-state index contributed by atoms with van der Waals surface area (Å²) >= 11 is 0. The summed E-state index contributed by atoms with van der Waals surface area (Å²) in [7, 11) is 0. The Bertz CT molecular complexity index is 571. The van der Waals surface area contributed by atoms with Crippen LogP contribution in [-0.4, -0.2) is 16.9 Å². The first kappa shape index (κ1) is 15.2. The average molecular weight is 292 g/mol. The van der Waals surface area contributed by atoms with Crippen molar-refractivity contribution in [2.24, 2.45) is 11.3 Å². The van der Waals surface area contributed by atoms with Gasteiger partial charge in [-0.25, -0.2) is 0 Å². The van der Waals surface area contributed by atoms with Gasteiger partial charge in [0.1, 0.15) is 5.69 Å². The first-order chi connectivity index (χ1) is 9.82. The largest absolute Gasteiger partial charge is 0.349 e. The van der Waals surface area contributed by atoms with Crippen LogP contribution in [0, 0.1) is 15.5 Å². The Kier molecular flexibility index (Phi) is 4.13. The van der Waals surface area contributed by atoms with Gasteiger partial charge in [-0.15, -0.1) is 0 Å². The zero-order valence-corrected chi connectivity index (χ0v) is 12.2. The summed E-state index contributed by atoms with van der Waals surface area (Å²) in [4.78, 5) is 22.6. The van der Waals surface area contributed by atoms with Gasteiger partial charge in [0.2, 0.25) is 0 Å². The number of nitrogens with one attached hydrogen (secondary N) is 2. The Balaban J connectivity index is 2.13. The van der Waals surface area contributed by atoms with Crippen LogP contribution in [0.2, 0.25) is 0 Å². The van der Waals surface area contributed by atoms with Crippen molar-refractivity contribution in [2.75, 3.05) is 5.43 Å². The van der Waals surface area contributed by atoms with Crippen LogP contribution in [0.5, 0.6) is 0 Å². The van der Waals surface area contributed by atoms with Crippen LogP contribution >= 0.6 is 0 Å². The quantitative estimate of drug-likeness (QED) is 0.447. The molecule has 0 aliphatic heterocycles. The van der Waals surface area contributed by atoms with Crippen LogP contribution in [0.3, 0.4) is 0 Å². The van der Waals surface area contributed by atoms with Gasteiger partial charge >= 0.3 is 0 Å². The number of nitrogens with zero attached hydrogens (tertiary/aromatic N) is 1. The molecule has 1 amide bonds. The molecule has 7 heteroatoms. The van der Waals surface area contributed by atoms with E-state index in [0.717, 1.165) is 19.3 Å². The first-order valence-corrected chi connectivity index (χ1v) is 6.88. The number of carbonyl (C=O) groups is 1. The summed E-state index contributed by atoms with van der Waals surface area (Å²) in [5, 5.41) is 13.9. The minimum Gasteiger partial charge on any atom is -0.349 e. The molecule has 1 aromatic rings. The van der Waals surface area contributed by atoms with E-state index in [0.29, 0.717) is 0 Å². The van der Waals surface area contributed by atoms with E-state index in [4.69, 9.17) is 5.84 Å². The molecule has 0 heterocycles. The van der Waals surface area contributed by atoms with Gasteiger partial charge in [0, 0.05) is 17.7 Å². The highest BCUT2D eigenvalue weighted by Gasteiger charge is 2.32. The van der Waals surface area contributed by atoms with E-state index in [1.54, 1.807) is 0 Å². The number of anilines is 1. The second kappa shape index (κ2) is 5.69. The molecule has 1 unspecified atom stereocenters. The summed E-state index contributed by atoms with van der Waals surface area (Å²) in [6, 6.07) is 4.33. The van der Waals surface area contributed by atoms with Gasteiger partial charge in [0.15, 0.2) is 0 Å². The molecule has 0 spiro atoms. The maximum atomic E-state index is 12.2. The fourth-order valence-corrected chi connectivity index (χ4v) is 2.77. The number of nitro groups is 1. The number of hydrogen-bond donors (Lipinski definition) is 3. The van der Waals surface area contributed by atoms with Crippen LogP contribution in [0.25, 0.3) is 0 Å². The number of carbonyl (C=O) groups excluding carboxylic acids is 1. The number of nitrogens with two attached hydrogens (primary N) is 1. The van der Waals surface area contributed by atoms with Crippen molar-refractivity contribution in [3.63, 3.8) is 0 Å². The number of hydrazine groups is 1. The van der Waals surface area contributed by atoms with Gasteiger partial charge in [0.25, 0.3) is 11.6 Å². The van der Waals surface area contributed by atoms with Gasteiger partial charge in [-0.1, -0.05) is 13.8 Å². The van der Waals surface area contributed by atoms with Crippen LogP contribution in [0.1, 0.15) is 43.5 Å². The monoisotopic (exact) mass is 292 g/mol. The first-order valence-electron chi connectivity index (χ1n) is 6.88. The Morgan fingerprint density at radius 3 is 2.71 bits per heavy atom. The summed E-state index contributed by atoms with van der Waals surface area (Å²) < 4.78 is 0. The van der Waals surface area contributed by atoms with Crippen LogP contribution in [-0.2, 0) is 0 Å². The smallest absolute Gasteiger partial charge is 0.294 e. The molecule has 2 rings (SSSR count). The van der Waals surface area contributed by atoms with Crippen molar-refractivity contribution >= 4 is 17.3 Å². The van der Waals surface area contributed by atoms with E-state index >= 15 is 0 Å². The zero-order valence-electron chi connectivity index (χ0n) is 12.2. The van der Waals surface area contributed by atoms with Gasteiger partial charge < -0.3 is 10.7 Å². The topological polar surface area (TPSA) is 110 Å². The van der Waals surface area contributed by atoms with E-state index < -0.39 is 4.92 Å². The Labute approximate surface area is 123 Å². The normalized spacial score (nSPS) is 20.0. The van der Waals surface area contributed by atoms with Crippen molar-refractivity contribution in [1.82, 2.24) is 5.32 Å². The number of amides is 1. The third kappa shape index (κ3) is 3.49. The minimum atomic E-state index is -0.565. The molecule has 4 N–H and O–H groups in total. The third-order valence-corrected chi connectivity index (χ3v) is 3.92. The zero-order chi connectivity index (χ0) is 15.6. The fraction of sp³-hybridized carbons (Fsp3) is 0.500. The summed E-state index contributed by atoms with van der Waals surface area (Å²) in [5.74, 6) is 4.93. The molecule has 0 radical (unpaired) electrons. The highest BCUT2D eigenvalue weighted by atomic mass is 16.6. The van der Waals surface area contributed by atoms with Crippen LogP contribution < -0.4 is 16.6 Å². The van der Waals surface area contributed by atoms with Gasteiger partial charge in [-0.05, 0) is 36.8 Å². The van der Waals surface area contributed by atoms with Crippen molar-refractivity contribution < 1.29 is 9.72 Å². The molecule has 7 nitrogen and oxygen atoms in total. The van der Waals surface area contributed by atoms with E-state index in [1.165, 1.54) is 18.2 Å². The van der Waals surface area contributed by atoms with E-state index in [9.17, 15) is 14.9 Å². The maximum Gasteiger partial charge on any atom is 0.294 e. The lowest BCUT2D eigenvalue weighted by molar-refractivity contribution is -0.384. The highest BCUT2D eigenvalue weighted by molar-refractivity contribution is 5.95. The molecule has 1 aliphatic rings. The summed E-state index contributed by atoms with van der Waals surface area (Å²) in [6.07, 6.45) is 2.92.